The summed E-state index contributed by atoms with van der Waals surface area (Å²) in [6, 6.07) is 13.1. The van der Waals surface area contributed by atoms with E-state index in [2.05, 4.69) is 15.6 Å². The number of aromatic nitrogens is 3. The van der Waals surface area contributed by atoms with E-state index < -0.39 is 0 Å². The number of carbonyl (C=O) groups excluding carboxylic acids is 1. The first-order valence-electron chi connectivity index (χ1n) is 7.20. The molecule has 1 amide bonds. The van der Waals surface area contributed by atoms with Gasteiger partial charge in [-0.3, -0.25) is 4.79 Å². The third kappa shape index (κ3) is 3.21. The van der Waals surface area contributed by atoms with E-state index in [1.54, 1.807) is 4.68 Å². The maximum absolute atomic E-state index is 11.2. The Morgan fingerprint density at radius 2 is 2.04 bits per heavy atom. The van der Waals surface area contributed by atoms with E-state index in [1.165, 1.54) is 6.92 Å². The number of benzene rings is 2. The number of hydrogen-bond donors (Lipinski definition) is 2. The van der Waals surface area contributed by atoms with Crippen molar-refractivity contribution in [2.75, 3.05) is 11.1 Å². The first-order valence-corrected chi connectivity index (χ1v) is 7.20. The average Bonchev–Trinajstić information content (AvgIpc) is 2.99. The first-order chi connectivity index (χ1) is 11.0. The number of nitrogen functional groups attached to an aromatic ring is 1. The van der Waals surface area contributed by atoms with Crippen molar-refractivity contribution in [3.63, 3.8) is 0 Å². The van der Waals surface area contributed by atoms with Gasteiger partial charge in [0.05, 0.1) is 11.9 Å². The van der Waals surface area contributed by atoms with Crippen LogP contribution in [0.15, 0.2) is 48.7 Å². The second kappa shape index (κ2) is 5.92. The fraction of sp³-hybridized carbons (Fsp3) is 0.118. The monoisotopic (exact) mass is 307 g/mol. The molecule has 0 fully saturated rings. The molecule has 3 rings (SSSR count). The van der Waals surface area contributed by atoms with Crippen molar-refractivity contribution in [2.45, 2.75) is 13.8 Å². The van der Waals surface area contributed by atoms with Crippen LogP contribution in [-0.4, -0.2) is 20.9 Å². The Kier molecular flexibility index (Phi) is 3.80. The largest absolute Gasteiger partial charge is 0.399 e. The molecule has 116 valence electrons. The lowest BCUT2D eigenvalue weighted by Gasteiger charge is -2.05. The van der Waals surface area contributed by atoms with E-state index in [0.717, 1.165) is 28.2 Å². The van der Waals surface area contributed by atoms with E-state index in [-0.39, 0.29) is 5.91 Å². The minimum atomic E-state index is -0.110. The number of carbonyl (C=O) groups is 1. The van der Waals surface area contributed by atoms with Gasteiger partial charge in [-0.1, -0.05) is 23.4 Å². The van der Waals surface area contributed by atoms with Gasteiger partial charge in [-0.15, -0.1) is 5.10 Å². The molecule has 0 radical (unpaired) electrons. The summed E-state index contributed by atoms with van der Waals surface area (Å²) in [7, 11) is 0. The highest BCUT2D eigenvalue weighted by molar-refractivity contribution is 5.89. The lowest BCUT2D eigenvalue weighted by molar-refractivity contribution is -0.114. The molecule has 6 nitrogen and oxygen atoms in total. The van der Waals surface area contributed by atoms with Crippen molar-refractivity contribution in [1.82, 2.24) is 15.0 Å². The zero-order valence-corrected chi connectivity index (χ0v) is 12.9. The fourth-order valence-corrected chi connectivity index (χ4v) is 2.35. The van der Waals surface area contributed by atoms with Gasteiger partial charge in [0, 0.05) is 23.9 Å². The summed E-state index contributed by atoms with van der Waals surface area (Å²) in [4.78, 5) is 11.2. The predicted octanol–water partition coefficient (Wildman–Crippen LogP) is 2.78. The standard InChI is InChI=1S/C17H17N5O/c1-11-6-7-14(18)9-17(11)22-10-16(20-21-22)13-4-3-5-15(8-13)19-12(2)23/h3-10H,18H2,1-2H3,(H,19,23). The first kappa shape index (κ1) is 14.8. The van der Waals surface area contributed by atoms with Crippen LogP contribution in [0.1, 0.15) is 12.5 Å². The normalized spacial score (nSPS) is 10.5. The molecule has 2 aromatic carbocycles. The van der Waals surface area contributed by atoms with Gasteiger partial charge in [-0.05, 0) is 36.8 Å². The van der Waals surface area contributed by atoms with Gasteiger partial charge in [0.15, 0.2) is 0 Å². The molecular weight excluding hydrogens is 290 g/mol. The van der Waals surface area contributed by atoms with Gasteiger partial charge >= 0.3 is 0 Å². The summed E-state index contributed by atoms with van der Waals surface area (Å²) >= 11 is 0. The Morgan fingerprint density at radius 3 is 2.83 bits per heavy atom. The number of amides is 1. The number of hydrogen-bond acceptors (Lipinski definition) is 4. The molecule has 0 aliphatic rings. The highest BCUT2D eigenvalue weighted by Crippen LogP contribution is 2.23. The van der Waals surface area contributed by atoms with E-state index in [1.807, 2.05) is 55.6 Å². The van der Waals surface area contributed by atoms with Gasteiger partial charge in [0.1, 0.15) is 5.69 Å². The molecule has 0 spiro atoms. The van der Waals surface area contributed by atoms with Crippen molar-refractivity contribution < 1.29 is 4.79 Å². The van der Waals surface area contributed by atoms with Crippen LogP contribution in [0.2, 0.25) is 0 Å². The maximum atomic E-state index is 11.2. The van der Waals surface area contributed by atoms with Gasteiger partial charge in [-0.2, -0.15) is 0 Å². The molecular formula is C17H17N5O. The molecule has 3 aromatic rings. The average molecular weight is 307 g/mol. The predicted molar refractivity (Wildman–Crippen MR) is 90.2 cm³/mol. The zero-order chi connectivity index (χ0) is 16.4. The van der Waals surface area contributed by atoms with E-state index >= 15 is 0 Å². The minimum absolute atomic E-state index is 0.110. The Labute approximate surface area is 133 Å². The minimum Gasteiger partial charge on any atom is -0.399 e. The van der Waals surface area contributed by atoms with Crippen molar-refractivity contribution in [3.05, 3.63) is 54.2 Å². The highest BCUT2D eigenvalue weighted by atomic mass is 16.1. The lowest BCUT2D eigenvalue weighted by atomic mass is 10.1. The van der Waals surface area contributed by atoms with Crippen LogP contribution >= 0.6 is 0 Å². The molecule has 0 aliphatic carbocycles. The van der Waals surface area contributed by atoms with Crippen molar-refractivity contribution in [1.29, 1.82) is 0 Å². The molecule has 3 N–H and O–H groups in total. The second-order valence-electron chi connectivity index (χ2n) is 5.36. The summed E-state index contributed by atoms with van der Waals surface area (Å²) < 4.78 is 1.70. The zero-order valence-electron chi connectivity index (χ0n) is 12.9. The SMILES string of the molecule is CC(=O)Nc1cccc(-c2cn(-c3cc(N)ccc3C)nn2)c1. The molecule has 6 heteroatoms. The Balaban J connectivity index is 1.96. The van der Waals surface area contributed by atoms with E-state index in [4.69, 9.17) is 5.73 Å². The fourth-order valence-electron chi connectivity index (χ4n) is 2.35. The van der Waals surface area contributed by atoms with Gasteiger partial charge < -0.3 is 11.1 Å². The Morgan fingerprint density at radius 1 is 1.22 bits per heavy atom. The number of nitrogens with zero attached hydrogens (tertiary/aromatic N) is 3. The second-order valence-corrected chi connectivity index (χ2v) is 5.36. The van der Waals surface area contributed by atoms with Crippen LogP contribution in [0.4, 0.5) is 11.4 Å². The molecule has 0 aliphatic heterocycles. The van der Waals surface area contributed by atoms with Crippen LogP contribution in [0.25, 0.3) is 16.9 Å². The molecule has 1 heterocycles. The molecule has 0 saturated carbocycles. The summed E-state index contributed by atoms with van der Waals surface area (Å²) in [5.41, 5.74) is 10.8. The number of rotatable bonds is 3. The molecule has 0 saturated heterocycles. The van der Waals surface area contributed by atoms with Gasteiger partial charge in [-0.25, -0.2) is 4.68 Å². The smallest absolute Gasteiger partial charge is 0.221 e. The number of anilines is 2. The summed E-state index contributed by atoms with van der Waals surface area (Å²) in [5, 5.41) is 11.2. The quantitative estimate of drug-likeness (QED) is 0.729. The third-order valence-corrected chi connectivity index (χ3v) is 3.45. The van der Waals surface area contributed by atoms with Gasteiger partial charge in [0.2, 0.25) is 5.91 Å². The maximum Gasteiger partial charge on any atom is 0.221 e. The van der Waals surface area contributed by atoms with Crippen molar-refractivity contribution >= 4 is 17.3 Å². The summed E-state index contributed by atoms with van der Waals surface area (Å²) in [6.07, 6.45) is 1.84. The van der Waals surface area contributed by atoms with Gasteiger partial charge in [0.25, 0.3) is 0 Å². The van der Waals surface area contributed by atoms with Crippen LogP contribution in [0, 0.1) is 6.92 Å². The molecule has 1 aromatic heterocycles. The van der Waals surface area contributed by atoms with Crippen LogP contribution < -0.4 is 11.1 Å². The lowest BCUT2D eigenvalue weighted by Crippen LogP contribution is -2.05. The highest BCUT2D eigenvalue weighted by Gasteiger charge is 2.08. The topological polar surface area (TPSA) is 85.8 Å². The number of aryl methyl sites for hydroxylation is 1. The van der Waals surface area contributed by atoms with Crippen molar-refractivity contribution in [2.24, 2.45) is 0 Å². The van der Waals surface area contributed by atoms with Crippen LogP contribution in [0.3, 0.4) is 0 Å². The molecule has 0 bridgehead atoms. The Hall–Kier alpha value is -3.15. The number of nitrogens with two attached hydrogens (primary N) is 1. The Bertz CT molecular complexity index is 869. The molecule has 0 unspecified atom stereocenters. The molecule has 0 atom stereocenters. The third-order valence-electron chi connectivity index (χ3n) is 3.45. The van der Waals surface area contributed by atoms with Crippen LogP contribution in [-0.2, 0) is 4.79 Å². The summed E-state index contributed by atoms with van der Waals surface area (Å²) in [6.45, 7) is 3.47. The van der Waals surface area contributed by atoms with Crippen LogP contribution in [0.5, 0.6) is 0 Å². The van der Waals surface area contributed by atoms with E-state index in [9.17, 15) is 4.79 Å². The van der Waals surface area contributed by atoms with Crippen molar-refractivity contribution in [3.8, 4) is 16.9 Å². The molecule has 23 heavy (non-hydrogen) atoms. The van der Waals surface area contributed by atoms with E-state index in [0.29, 0.717) is 5.69 Å². The number of nitrogens with one attached hydrogen (secondary N) is 1. The summed E-state index contributed by atoms with van der Waals surface area (Å²) in [5.74, 6) is -0.110.